The van der Waals surface area contributed by atoms with E-state index in [1.54, 1.807) is 25.0 Å². The molecule has 8 heteroatoms. The van der Waals surface area contributed by atoms with Crippen molar-refractivity contribution < 1.29 is 14.3 Å². The molecule has 0 aromatic heterocycles. The second-order valence-electron chi connectivity index (χ2n) is 10.9. The van der Waals surface area contributed by atoms with Crippen molar-refractivity contribution in [1.82, 2.24) is 15.1 Å². The van der Waals surface area contributed by atoms with Crippen molar-refractivity contribution in [2.24, 2.45) is 0 Å². The van der Waals surface area contributed by atoms with E-state index in [1.807, 2.05) is 61.6 Å². The van der Waals surface area contributed by atoms with Crippen molar-refractivity contribution in [3.8, 4) is 5.75 Å². The fourth-order valence-electron chi connectivity index (χ4n) is 5.77. The van der Waals surface area contributed by atoms with Gasteiger partial charge in [-0.2, -0.15) is 0 Å². The van der Waals surface area contributed by atoms with Gasteiger partial charge in [-0.1, -0.05) is 77.8 Å². The van der Waals surface area contributed by atoms with Crippen LogP contribution in [0.4, 0.5) is 0 Å². The molecule has 0 radical (unpaired) electrons. The zero-order valence-electron chi connectivity index (χ0n) is 24.0. The Morgan fingerprint density at radius 1 is 1.00 bits per heavy atom. The number of piperidine rings is 1. The van der Waals surface area contributed by atoms with Crippen LogP contribution < -0.4 is 10.1 Å². The van der Waals surface area contributed by atoms with E-state index in [4.69, 9.17) is 27.9 Å². The third-order valence-electron chi connectivity index (χ3n) is 8.11. The average molecular weight is 597 g/mol. The summed E-state index contributed by atoms with van der Waals surface area (Å²) in [6.45, 7) is 4.59. The van der Waals surface area contributed by atoms with Crippen LogP contribution in [0.15, 0.2) is 72.8 Å². The summed E-state index contributed by atoms with van der Waals surface area (Å²) in [6.07, 6.45) is 2.81. The van der Waals surface area contributed by atoms with Crippen LogP contribution in [0.25, 0.3) is 0 Å². The largest absolute Gasteiger partial charge is 0.496 e. The molecule has 1 atom stereocenters. The topological polar surface area (TPSA) is 61.9 Å². The first-order chi connectivity index (χ1) is 19.7. The van der Waals surface area contributed by atoms with Crippen LogP contribution in [0.5, 0.6) is 5.75 Å². The maximum Gasteiger partial charge on any atom is 0.223 e. The minimum absolute atomic E-state index is 0.0160. The van der Waals surface area contributed by atoms with Gasteiger partial charge in [0.05, 0.1) is 22.7 Å². The molecule has 1 N–H and O–H groups in total. The van der Waals surface area contributed by atoms with E-state index < -0.39 is 0 Å². The number of carbonyl (C=O) groups excluding carboxylic acids is 2. The van der Waals surface area contributed by atoms with E-state index in [1.165, 1.54) is 0 Å². The number of benzene rings is 3. The third-order valence-corrected chi connectivity index (χ3v) is 8.85. The summed E-state index contributed by atoms with van der Waals surface area (Å²) in [5, 5.41) is 4.24. The predicted molar refractivity (Wildman–Crippen MR) is 166 cm³/mol. The molecule has 0 aliphatic carbocycles. The van der Waals surface area contributed by atoms with Crippen LogP contribution in [0.1, 0.15) is 55.2 Å². The Morgan fingerprint density at radius 2 is 1.68 bits per heavy atom. The normalized spacial score (nSPS) is 15.6. The first-order valence-electron chi connectivity index (χ1n) is 14.1. The van der Waals surface area contributed by atoms with Crippen LogP contribution in [-0.4, -0.2) is 55.4 Å². The smallest absolute Gasteiger partial charge is 0.223 e. The molecule has 4 rings (SSSR count). The molecule has 41 heavy (non-hydrogen) atoms. The lowest BCUT2D eigenvalue weighted by atomic mass is 9.80. The quantitative estimate of drug-likeness (QED) is 0.269. The molecule has 1 fully saturated rings. The molecule has 0 saturated carbocycles. The van der Waals surface area contributed by atoms with Crippen LogP contribution in [0.2, 0.25) is 10.0 Å². The van der Waals surface area contributed by atoms with Gasteiger partial charge in [-0.3, -0.25) is 9.59 Å². The number of ether oxygens (including phenoxy) is 1. The molecule has 1 unspecified atom stereocenters. The summed E-state index contributed by atoms with van der Waals surface area (Å²) in [4.78, 5) is 29.7. The lowest BCUT2D eigenvalue weighted by Crippen LogP contribution is -2.52. The molecule has 3 aromatic rings. The molecule has 2 amide bonds. The van der Waals surface area contributed by atoms with E-state index in [-0.39, 0.29) is 23.3 Å². The van der Waals surface area contributed by atoms with Crippen LogP contribution in [-0.2, 0) is 21.7 Å². The molecule has 6 nitrogen and oxygen atoms in total. The highest BCUT2D eigenvalue weighted by molar-refractivity contribution is 6.42. The second kappa shape index (κ2) is 14.2. The molecule has 1 aliphatic heterocycles. The van der Waals surface area contributed by atoms with E-state index in [0.717, 1.165) is 61.3 Å². The highest BCUT2D eigenvalue weighted by Crippen LogP contribution is 2.35. The van der Waals surface area contributed by atoms with Crippen molar-refractivity contribution >= 4 is 35.0 Å². The lowest BCUT2D eigenvalue weighted by molar-refractivity contribution is -0.131. The van der Waals surface area contributed by atoms with E-state index in [9.17, 15) is 9.59 Å². The number of carbonyl (C=O) groups is 2. The first kappa shape index (κ1) is 30.9. The lowest BCUT2D eigenvalue weighted by Gasteiger charge is -2.43. The first-order valence-corrected chi connectivity index (χ1v) is 14.8. The average Bonchev–Trinajstić information content (AvgIpc) is 2.97. The van der Waals surface area contributed by atoms with Gasteiger partial charge in [-0.15, -0.1) is 0 Å². The van der Waals surface area contributed by atoms with E-state index in [0.29, 0.717) is 23.0 Å². The number of nitrogens with zero attached hydrogens (tertiary/aromatic N) is 2. The molecule has 1 saturated heterocycles. The molecule has 0 bridgehead atoms. The van der Waals surface area contributed by atoms with Crippen molar-refractivity contribution in [3.63, 3.8) is 0 Å². The molecule has 1 aliphatic rings. The van der Waals surface area contributed by atoms with Gasteiger partial charge in [0.1, 0.15) is 5.75 Å². The summed E-state index contributed by atoms with van der Waals surface area (Å²) in [5.41, 5.74) is 2.76. The molecule has 0 spiro atoms. The zero-order valence-corrected chi connectivity index (χ0v) is 25.5. The van der Waals surface area contributed by atoms with Crippen molar-refractivity contribution in [3.05, 3.63) is 99.5 Å². The maximum absolute atomic E-state index is 13.5. The van der Waals surface area contributed by atoms with Crippen LogP contribution in [0, 0.1) is 0 Å². The number of amides is 2. The summed E-state index contributed by atoms with van der Waals surface area (Å²) in [6, 6.07) is 23.7. The number of para-hydroxylation sites is 1. The van der Waals surface area contributed by atoms with Gasteiger partial charge in [0.15, 0.2) is 0 Å². The van der Waals surface area contributed by atoms with Crippen molar-refractivity contribution in [1.29, 1.82) is 0 Å². The third kappa shape index (κ3) is 8.03. The van der Waals surface area contributed by atoms with Gasteiger partial charge < -0.3 is 19.9 Å². The number of hydrogen-bond acceptors (Lipinski definition) is 4. The van der Waals surface area contributed by atoms with E-state index >= 15 is 0 Å². The van der Waals surface area contributed by atoms with Gasteiger partial charge >= 0.3 is 0 Å². The van der Waals surface area contributed by atoms with E-state index in [2.05, 4.69) is 22.3 Å². The van der Waals surface area contributed by atoms with Gasteiger partial charge in [0.25, 0.3) is 0 Å². The minimum Gasteiger partial charge on any atom is -0.496 e. The molecular formula is C33H39Cl2N3O3. The van der Waals surface area contributed by atoms with Crippen molar-refractivity contribution in [2.75, 3.05) is 33.8 Å². The number of likely N-dealkylation sites (tertiary alicyclic amines) is 1. The number of rotatable bonds is 11. The Morgan fingerprint density at radius 3 is 2.34 bits per heavy atom. The van der Waals surface area contributed by atoms with Gasteiger partial charge in [-0.25, -0.2) is 0 Å². The predicted octanol–water partition coefficient (Wildman–Crippen LogP) is 6.65. The SMILES string of the molecule is COc1ccccc1CN(C)C(=O)CC(CCN1CCC(NC(C)=O)(c2ccccc2)CC1)c1ccc(Cl)c(Cl)c1. The van der Waals surface area contributed by atoms with Crippen molar-refractivity contribution in [2.45, 2.75) is 50.6 Å². The summed E-state index contributed by atoms with van der Waals surface area (Å²) >= 11 is 12.6. The van der Waals surface area contributed by atoms with Crippen LogP contribution in [0.3, 0.4) is 0 Å². The number of methoxy groups -OCH3 is 1. The fraction of sp³-hybridized carbons (Fsp3) is 0.394. The molecule has 3 aromatic carbocycles. The second-order valence-corrected chi connectivity index (χ2v) is 11.7. The zero-order chi connectivity index (χ0) is 29.4. The molecule has 1 heterocycles. The number of nitrogens with one attached hydrogen (secondary N) is 1. The maximum atomic E-state index is 13.5. The standard InChI is InChI=1S/C33H39Cl2N3O3/c1-24(39)36-33(28-10-5-4-6-11-28)16-19-38(20-17-33)18-15-26(25-13-14-29(34)30(35)21-25)22-32(40)37(2)23-27-9-7-8-12-31(27)41-3/h4-14,21,26H,15-20,22-23H2,1-3H3,(H,36,39). The Bertz CT molecular complexity index is 1330. The summed E-state index contributed by atoms with van der Waals surface area (Å²) < 4.78 is 5.48. The summed E-state index contributed by atoms with van der Waals surface area (Å²) in [7, 11) is 3.47. The van der Waals surface area contributed by atoms with Gasteiger partial charge in [0.2, 0.25) is 11.8 Å². The number of halogens is 2. The fourth-order valence-corrected chi connectivity index (χ4v) is 6.08. The minimum atomic E-state index is -0.357. The monoisotopic (exact) mass is 595 g/mol. The molecule has 218 valence electrons. The highest BCUT2D eigenvalue weighted by atomic mass is 35.5. The van der Waals surface area contributed by atoms with Crippen LogP contribution >= 0.6 is 23.2 Å². The van der Waals surface area contributed by atoms with Gasteiger partial charge in [-0.05, 0) is 61.1 Å². The Labute approximate surface area is 253 Å². The summed E-state index contributed by atoms with van der Waals surface area (Å²) in [5.74, 6) is 0.787. The van der Waals surface area contributed by atoms with Gasteiger partial charge in [0, 0.05) is 45.6 Å². The Balaban J connectivity index is 1.44. The number of hydrogen-bond donors (Lipinski definition) is 1. The Kier molecular flexibility index (Phi) is 10.7. The Hall–Kier alpha value is -3.06. The molecular weight excluding hydrogens is 557 g/mol. The highest BCUT2D eigenvalue weighted by Gasteiger charge is 2.37.